The number of rotatable bonds is 8. The Hall–Kier alpha value is -2.28. The standard InChI is InChI=1S/C18H20N2O4S/c1-24-12-4-5-15-13(8-12)14(9-16(20-15)11-2-3-11)18(23)19-6-7-25-10-17(21)22/h4-5,8-9,11H,2-3,6-7,10H2,1H3,(H,19,23)(H,21,22). The predicted molar refractivity (Wildman–Crippen MR) is 97.6 cm³/mol. The first-order valence-corrected chi connectivity index (χ1v) is 9.30. The van der Waals surface area contributed by atoms with E-state index in [-0.39, 0.29) is 11.7 Å². The second-order valence-corrected chi connectivity index (χ2v) is 7.06. The Bertz CT molecular complexity index is 805. The molecule has 0 saturated heterocycles. The van der Waals surface area contributed by atoms with Crippen molar-refractivity contribution in [2.45, 2.75) is 18.8 Å². The molecule has 1 aromatic heterocycles. The zero-order valence-electron chi connectivity index (χ0n) is 13.9. The second-order valence-electron chi connectivity index (χ2n) is 5.95. The van der Waals surface area contributed by atoms with E-state index in [2.05, 4.69) is 10.3 Å². The number of carboxylic acid groups (broad SMARTS) is 1. The van der Waals surface area contributed by atoms with Gasteiger partial charge in [0.1, 0.15) is 5.75 Å². The fourth-order valence-corrected chi connectivity index (χ4v) is 3.19. The summed E-state index contributed by atoms with van der Waals surface area (Å²) in [5.74, 6) is 0.705. The van der Waals surface area contributed by atoms with Gasteiger partial charge in [0.2, 0.25) is 0 Å². The normalized spacial score (nSPS) is 13.6. The van der Waals surface area contributed by atoms with Crippen LogP contribution in [0.4, 0.5) is 0 Å². The molecule has 2 N–H and O–H groups in total. The molecular formula is C18H20N2O4S. The maximum absolute atomic E-state index is 12.6. The number of ether oxygens (including phenoxy) is 1. The van der Waals surface area contributed by atoms with Crippen LogP contribution in [0.5, 0.6) is 5.75 Å². The molecule has 3 rings (SSSR count). The van der Waals surface area contributed by atoms with Crippen molar-refractivity contribution in [3.05, 3.63) is 35.5 Å². The molecule has 7 heteroatoms. The Balaban J connectivity index is 1.79. The van der Waals surface area contributed by atoms with Crippen molar-refractivity contribution >= 4 is 34.5 Å². The van der Waals surface area contributed by atoms with Crippen molar-refractivity contribution < 1.29 is 19.4 Å². The maximum atomic E-state index is 12.6. The van der Waals surface area contributed by atoms with Crippen LogP contribution in [0.15, 0.2) is 24.3 Å². The van der Waals surface area contributed by atoms with Gasteiger partial charge in [0, 0.05) is 29.3 Å². The van der Waals surface area contributed by atoms with Crippen molar-refractivity contribution in [3.63, 3.8) is 0 Å². The lowest BCUT2D eigenvalue weighted by atomic mass is 10.0. The van der Waals surface area contributed by atoms with Gasteiger partial charge < -0.3 is 15.2 Å². The Morgan fingerprint density at radius 2 is 2.16 bits per heavy atom. The summed E-state index contributed by atoms with van der Waals surface area (Å²) in [6, 6.07) is 7.42. The molecule has 0 unspecified atom stereocenters. The smallest absolute Gasteiger partial charge is 0.313 e. The quantitative estimate of drug-likeness (QED) is 0.704. The van der Waals surface area contributed by atoms with Gasteiger partial charge in [-0.25, -0.2) is 0 Å². The molecule has 0 bridgehead atoms. The summed E-state index contributed by atoms with van der Waals surface area (Å²) in [5, 5.41) is 12.3. The van der Waals surface area contributed by atoms with Crippen LogP contribution in [-0.4, -0.2) is 47.1 Å². The number of amides is 1. The zero-order valence-corrected chi connectivity index (χ0v) is 14.8. The number of carbonyl (C=O) groups is 2. The van der Waals surface area contributed by atoms with E-state index in [1.807, 2.05) is 24.3 Å². The minimum absolute atomic E-state index is 0.0388. The largest absolute Gasteiger partial charge is 0.497 e. The monoisotopic (exact) mass is 360 g/mol. The summed E-state index contributed by atoms with van der Waals surface area (Å²) in [5.41, 5.74) is 2.34. The Kier molecular flexibility index (Phi) is 5.43. The third-order valence-electron chi connectivity index (χ3n) is 4.03. The van der Waals surface area contributed by atoms with E-state index in [0.717, 1.165) is 29.4 Å². The van der Waals surface area contributed by atoms with Crippen molar-refractivity contribution in [1.29, 1.82) is 0 Å². The summed E-state index contributed by atoms with van der Waals surface area (Å²) in [6.07, 6.45) is 2.23. The highest BCUT2D eigenvalue weighted by atomic mass is 32.2. The number of hydrogen-bond donors (Lipinski definition) is 2. The molecule has 2 aromatic rings. The molecule has 0 aliphatic heterocycles. The van der Waals surface area contributed by atoms with Crippen LogP contribution in [0.3, 0.4) is 0 Å². The fourth-order valence-electron chi connectivity index (χ4n) is 2.62. The summed E-state index contributed by atoms with van der Waals surface area (Å²) < 4.78 is 5.26. The van der Waals surface area contributed by atoms with Gasteiger partial charge >= 0.3 is 5.97 Å². The molecule has 1 saturated carbocycles. The zero-order chi connectivity index (χ0) is 17.8. The van der Waals surface area contributed by atoms with Crippen LogP contribution in [0.2, 0.25) is 0 Å². The van der Waals surface area contributed by atoms with E-state index in [9.17, 15) is 9.59 Å². The van der Waals surface area contributed by atoms with E-state index in [1.54, 1.807) is 7.11 Å². The molecule has 0 atom stereocenters. The first-order valence-electron chi connectivity index (χ1n) is 8.15. The molecule has 132 valence electrons. The average molecular weight is 360 g/mol. The molecule has 1 heterocycles. The summed E-state index contributed by atoms with van der Waals surface area (Å²) in [4.78, 5) is 27.8. The minimum Gasteiger partial charge on any atom is -0.497 e. The van der Waals surface area contributed by atoms with Crippen LogP contribution in [0.25, 0.3) is 10.9 Å². The molecule has 1 aliphatic carbocycles. The molecule has 1 aromatic carbocycles. The van der Waals surface area contributed by atoms with Crippen molar-refractivity contribution in [1.82, 2.24) is 10.3 Å². The minimum atomic E-state index is -0.849. The number of carbonyl (C=O) groups excluding carboxylic acids is 1. The number of pyridine rings is 1. The van der Waals surface area contributed by atoms with Gasteiger partial charge in [0.15, 0.2) is 0 Å². The second kappa shape index (κ2) is 7.74. The van der Waals surface area contributed by atoms with Crippen LogP contribution in [0.1, 0.15) is 34.8 Å². The van der Waals surface area contributed by atoms with Crippen LogP contribution in [0, 0.1) is 0 Å². The maximum Gasteiger partial charge on any atom is 0.313 e. The highest BCUT2D eigenvalue weighted by Gasteiger charge is 2.27. The van der Waals surface area contributed by atoms with Gasteiger partial charge in [-0.05, 0) is 37.1 Å². The lowest BCUT2D eigenvalue weighted by Gasteiger charge is -2.11. The average Bonchev–Trinajstić information content (AvgIpc) is 3.44. The van der Waals surface area contributed by atoms with Gasteiger partial charge in [-0.3, -0.25) is 14.6 Å². The molecule has 1 aliphatic rings. The van der Waals surface area contributed by atoms with Crippen molar-refractivity contribution in [3.8, 4) is 5.75 Å². The number of aliphatic carboxylic acids is 1. The van der Waals surface area contributed by atoms with E-state index >= 15 is 0 Å². The lowest BCUT2D eigenvalue weighted by Crippen LogP contribution is -2.26. The van der Waals surface area contributed by atoms with Gasteiger partial charge in [0.25, 0.3) is 5.91 Å². The number of benzene rings is 1. The van der Waals surface area contributed by atoms with E-state index in [1.165, 1.54) is 11.8 Å². The predicted octanol–water partition coefficient (Wildman–Crippen LogP) is 2.67. The highest BCUT2D eigenvalue weighted by Crippen LogP contribution is 2.40. The summed E-state index contributed by atoms with van der Waals surface area (Å²) in [6.45, 7) is 0.420. The SMILES string of the molecule is COc1ccc2nc(C3CC3)cc(C(=O)NCCSCC(=O)O)c2c1. The third-order valence-corrected chi connectivity index (χ3v) is 4.98. The topological polar surface area (TPSA) is 88.5 Å². The van der Waals surface area contributed by atoms with Gasteiger partial charge in [-0.2, -0.15) is 0 Å². The van der Waals surface area contributed by atoms with E-state index in [0.29, 0.717) is 29.5 Å². The van der Waals surface area contributed by atoms with Crippen LogP contribution in [-0.2, 0) is 4.79 Å². The Labute approximate surface area is 150 Å². The van der Waals surface area contributed by atoms with Gasteiger partial charge in [0.05, 0.1) is 23.9 Å². The number of nitrogens with zero attached hydrogens (tertiary/aromatic N) is 1. The number of thioether (sulfide) groups is 1. The Morgan fingerprint density at radius 1 is 1.36 bits per heavy atom. The van der Waals surface area contributed by atoms with E-state index in [4.69, 9.17) is 9.84 Å². The molecule has 0 spiro atoms. The molecule has 25 heavy (non-hydrogen) atoms. The van der Waals surface area contributed by atoms with Gasteiger partial charge in [-0.1, -0.05) is 0 Å². The summed E-state index contributed by atoms with van der Waals surface area (Å²) in [7, 11) is 1.59. The number of hydrogen-bond acceptors (Lipinski definition) is 5. The number of methoxy groups -OCH3 is 1. The molecule has 6 nitrogen and oxygen atoms in total. The first kappa shape index (κ1) is 17.5. The van der Waals surface area contributed by atoms with Crippen LogP contribution < -0.4 is 10.1 Å². The number of nitrogens with one attached hydrogen (secondary N) is 1. The highest BCUT2D eigenvalue weighted by molar-refractivity contribution is 7.99. The first-order chi connectivity index (χ1) is 12.1. The molecule has 1 fully saturated rings. The number of fused-ring (bicyclic) bond motifs is 1. The third kappa shape index (κ3) is 4.42. The van der Waals surface area contributed by atoms with Gasteiger partial charge in [-0.15, -0.1) is 11.8 Å². The molecule has 0 radical (unpaired) electrons. The number of carboxylic acids is 1. The molecular weight excluding hydrogens is 340 g/mol. The van der Waals surface area contributed by atoms with Crippen LogP contribution >= 0.6 is 11.8 Å². The van der Waals surface area contributed by atoms with E-state index < -0.39 is 5.97 Å². The lowest BCUT2D eigenvalue weighted by molar-refractivity contribution is -0.133. The number of aromatic nitrogens is 1. The molecule has 1 amide bonds. The Morgan fingerprint density at radius 3 is 2.84 bits per heavy atom. The van der Waals surface area contributed by atoms with Crippen molar-refractivity contribution in [2.75, 3.05) is 25.2 Å². The van der Waals surface area contributed by atoms with Crippen molar-refractivity contribution in [2.24, 2.45) is 0 Å². The summed E-state index contributed by atoms with van der Waals surface area (Å²) >= 11 is 1.28. The fraction of sp³-hybridized carbons (Fsp3) is 0.389.